The van der Waals surface area contributed by atoms with Crippen molar-refractivity contribution in [3.8, 4) is 17.2 Å². The van der Waals surface area contributed by atoms with E-state index in [0.29, 0.717) is 28.5 Å². The molecule has 0 saturated carbocycles. The third kappa shape index (κ3) is 2.39. The molecule has 21 heavy (non-hydrogen) atoms. The van der Waals surface area contributed by atoms with Crippen LogP contribution in [0.15, 0.2) is 6.07 Å². The highest BCUT2D eigenvalue weighted by molar-refractivity contribution is 6.05. The Bertz CT molecular complexity index is 587. The molecule has 1 heterocycles. The summed E-state index contributed by atoms with van der Waals surface area (Å²) in [4.78, 5) is 23.4. The van der Waals surface area contributed by atoms with Gasteiger partial charge in [0.1, 0.15) is 5.69 Å². The van der Waals surface area contributed by atoms with Crippen LogP contribution in [0.2, 0.25) is 0 Å². The van der Waals surface area contributed by atoms with Gasteiger partial charge in [-0.15, -0.1) is 0 Å². The van der Waals surface area contributed by atoms with Gasteiger partial charge in [-0.3, -0.25) is 4.79 Å². The van der Waals surface area contributed by atoms with E-state index in [1.165, 1.54) is 28.4 Å². The minimum Gasteiger partial charge on any atom is -0.493 e. The maximum Gasteiger partial charge on any atom is 0.426 e. The molecule has 114 valence electrons. The van der Waals surface area contributed by atoms with Crippen LogP contribution in [0, 0.1) is 0 Å². The molecule has 8 heteroatoms. The molecule has 0 aliphatic carbocycles. The Kier molecular flexibility index (Phi) is 4.06. The maximum absolute atomic E-state index is 12.1. The predicted octanol–water partition coefficient (Wildman–Crippen LogP) is 0.872. The van der Waals surface area contributed by atoms with Gasteiger partial charge in [-0.25, -0.2) is 15.2 Å². The van der Waals surface area contributed by atoms with Crippen LogP contribution in [-0.2, 0) is 16.0 Å². The highest BCUT2D eigenvalue weighted by Crippen LogP contribution is 2.48. The number of ether oxygens (including phenoxy) is 4. The molecule has 0 unspecified atom stereocenters. The summed E-state index contributed by atoms with van der Waals surface area (Å²) >= 11 is 0. The van der Waals surface area contributed by atoms with Crippen molar-refractivity contribution in [1.29, 1.82) is 0 Å². The van der Waals surface area contributed by atoms with Gasteiger partial charge in [0.25, 0.3) is 0 Å². The number of hydrogen-bond acceptors (Lipinski definition) is 6. The molecule has 0 fully saturated rings. The van der Waals surface area contributed by atoms with Crippen molar-refractivity contribution in [2.45, 2.75) is 6.42 Å². The second-order valence-electron chi connectivity index (χ2n) is 4.16. The number of nitrogens with zero attached hydrogens (tertiary/aromatic N) is 1. The smallest absolute Gasteiger partial charge is 0.426 e. The lowest BCUT2D eigenvalue weighted by Gasteiger charge is -2.21. The molecule has 0 spiro atoms. The number of methoxy groups -OCH3 is 4. The summed E-state index contributed by atoms with van der Waals surface area (Å²) in [5, 5.41) is 1.09. The van der Waals surface area contributed by atoms with Crippen molar-refractivity contribution in [2.75, 3.05) is 33.4 Å². The van der Waals surface area contributed by atoms with E-state index in [4.69, 9.17) is 14.2 Å². The van der Waals surface area contributed by atoms with Crippen LogP contribution in [0.3, 0.4) is 0 Å². The predicted molar refractivity (Wildman–Crippen MR) is 72.8 cm³/mol. The molecule has 1 aromatic carbocycles. The Hall–Kier alpha value is -2.64. The largest absolute Gasteiger partial charge is 0.493 e. The highest BCUT2D eigenvalue weighted by Gasteiger charge is 2.35. The summed E-state index contributed by atoms with van der Waals surface area (Å²) in [5.41, 5.74) is 3.41. The average Bonchev–Trinajstić information content (AvgIpc) is 2.80. The summed E-state index contributed by atoms with van der Waals surface area (Å²) in [7, 11) is 5.60. The Morgan fingerprint density at radius 2 is 1.81 bits per heavy atom. The molecular formula is C13H16N2O6. The Morgan fingerprint density at radius 3 is 2.33 bits per heavy atom. The lowest BCUT2D eigenvalue weighted by atomic mass is 10.1. The third-order valence-electron chi connectivity index (χ3n) is 3.09. The highest BCUT2D eigenvalue weighted by atomic mass is 16.5. The topological polar surface area (TPSA) is 86.3 Å². The zero-order chi connectivity index (χ0) is 15.6. The van der Waals surface area contributed by atoms with E-state index in [1.807, 2.05) is 0 Å². The summed E-state index contributed by atoms with van der Waals surface area (Å²) in [6, 6.07) is 1.67. The van der Waals surface area contributed by atoms with Gasteiger partial charge >= 0.3 is 6.09 Å². The summed E-state index contributed by atoms with van der Waals surface area (Å²) in [5.74, 6) is 0.768. The number of fused-ring (bicyclic) bond motifs is 1. The quantitative estimate of drug-likeness (QED) is 0.887. The monoisotopic (exact) mass is 296 g/mol. The summed E-state index contributed by atoms with van der Waals surface area (Å²) in [6.45, 7) is 0. The number of hydrogen-bond donors (Lipinski definition) is 1. The molecule has 0 aromatic heterocycles. The standard InChI is InChI=1S/C13H16N2O6/c1-18-8-5-7-6-9(16)15(14-13(17)21-4)10(7)12(20-3)11(8)19-2/h5H,6H2,1-4H3,(H,14,17). The zero-order valence-electron chi connectivity index (χ0n) is 12.2. The van der Waals surface area contributed by atoms with E-state index in [1.54, 1.807) is 6.07 Å². The van der Waals surface area contributed by atoms with Gasteiger partial charge in [0.15, 0.2) is 11.5 Å². The fourth-order valence-corrected chi connectivity index (χ4v) is 2.19. The van der Waals surface area contributed by atoms with Crippen LogP contribution in [0.4, 0.5) is 10.5 Å². The first-order valence-corrected chi connectivity index (χ1v) is 6.06. The van der Waals surface area contributed by atoms with Gasteiger partial charge in [0.05, 0.1) is 34.9 Å². The number of carbonyl (C=O) groups excluding carboxylic acids is 2. The molecule has 0 bridgehead atoms. The minimum absolute atomic E-state index is 0.107. The van der Waals surface area contributed by atoms with E-state index < -0.39 is 6.09 Å². The van der Waals surface area contributed by atoms with E-state index in [9.17, 15) is 9.59 Å². The lowest BCUT2D eigenvalue weighted by Crippen LogP contribution is -2.44. The first-order valence-electron chi connectivity index (χ1n) is 6.06. The van der Waals surface area contributed by atoms with Crippen LogP contribution in [-0.4, -0.2) is 40.4 Å². The SMILES string of the molecule is COC(=O)NN1C(=O)Cc2cc(OC)c(OC)c(OC)c21. The van der Waals surface area contributed by atoms with E-state index >= 15 is 0 Å². The third-order valence-corrected chi connectivity index (χ3v) is 3.09. The number of hydrazine groups is 1. The average molecular weight is 296 g/mol. The molecule has 1 aromatic rings. The molecule has 8 nitrogen and oxygen atoms in total. The lowest BCUT2D eigenvalue weighted by molar-refractivity contribution is -0.117. The van der Waals surface area contributed by atoms with Crippen molar-refractivity contribution in [2.24, 2.45) is 0 Å². The van der Waals surface area contributed by atoms with Crippen molar-refractivity contribution >= 4 is 17.7 Å². The van der Waals surface area contributed by atoms with Crippen molar-refractivity contribution in [1.82, 2.24) is 5.43 Å². The van der Waals surface area contributed by atoms with Gasteiger partial charge in [0, 0.05) is 0 Å². The normalized spacial score (nSPS) is 12.8. The molecule has 1 aliphatic rings. The van der Waals surface area contributed by atoms with Crippen molar-refractivity contribution in [3.63, 3.8) is 0 Å². The second-order valence-corrected chi connectivity index (χ2v) is 4.16. The van der Waals surface area contributed by atoms with E-state index in [2.05, 4.69) is 10.2 Å². The number of anilines is 1. The first-order chi connectivity index (χ1) is 10.1. The van der Waals surface area contributed by atoms with Crippen molar-refractivity contribution < 1.29 is 28.5 Å². The first kappa shape index (κ1) is 14.8. The van der Waals surface area contributed by atoms with Crippen LogP contribution < -0.4 is 24.6 Å². The zero-order valence-corrected chi connectivity index (χ0v) is 12.2. The van der Waals surface area contributed by atoms with Gasteiger partial charge in [-0.2, -0.15) is 0 Å². The molecular weight excluding hydrogens is 280 g/mol. The molecule has 1 N–H and O–H groups in total. The fourth-order valence-electron chi connectivity index (χ4n) is 2.19. The Balaban J connectivity index is 2.57. The van der Waals surface area contributed by atoms with Crippen LogP contribution in [0.5, 0.6) is 17.2 Å². The van der Waals surface area contributed by atoms with Crippen molar-refractivity contribution in [3.05, 3.63) is 11.6 Å². The maximum atomic E-state index is 12.1. The molecule has 2 amide bonds. The minimum atomic E-state index is -0.756. The molecule has 1 aliphatic heterocycles. The molecule has 0 saturated heterocycles. The number of benzene rings is 1. The second kappa shape index (κ2) is 5.78. The summed E-state index contributed by atoms with van der Waals surface area (Å²) in [6.07, 6.45) is -0.649. The van der Waals surface area contributed by atoms with E-state index in [-0.39, 0.29) is 12.3 Å². The fraction of sp³-hybridized carbons (Fsp3) is 0.385. The van der Waals surface area contributed by atoms with Crippen LogP contribution >= 0.6 is 0 Å². The van der Waals surface area contributed by atoms with E-state index in [0.717, 1.165) is 5.01 Å². The number of amides is 2. The van der Waals surface area contributed by atoms with Gasteiger partial charge < -0.3 is 18.9 Å². The van der Waals surface area contributed by atoms with Gasteiger partial charge in [0.2, 0.25) is 11.7 Å². The number of nitrogens with one attached hydrogen (secondary N) is 1. The van der Waals surface area contributed by atoms with Gasteiger partial charge in [-0.1, -0.05) is 0 Å². The molecule has 0 atom stereocenters. The molecule has 2 rings (SSSR count). The van der Waals surface area contributed by atoms with Crippen LogP contribution in [0.25, 0.3) is 0 Å². The molecule has 0 radical (unpaired) electrons. The Labute approximate surface area is 121 Å². The number of carbonyl (C=O) groups is 2. The van der Waals surface area contributed by atoms with Gasteiger partial charge in [-0.05, 0) is 11.6 Å². The Morgan fingerprint density at radius 1 is 1.14 bits per heavy atom. The summed E-state index contributed by atoms with van der Waals surface area (Å²) < 4.78 is 20.3. The number of rotatable bonds is 4. The van der Waals surface area contributed by atoms with Crippen LogP contribution in [0.1, 0.15) is 5.56 Å².